The number of benzene rings is 1. The van der Waals surface area contributed by atoms with Crippen LogP contribution in [0.2, 0.25) is 0 Å². The van der Waals surface area contributed by atoms with Crippen LogP contribution >= 0.6 is 11.3 Å². The molecule has 0 aliphatic carbocycles. The fourth-order valence-electron chi connectivity index (χ4n) is 3.08. The molecule has 28 heavy (non-hydrogen) atoms. The van der Waals surface area contributed by atoms with Crippen LogP contribution < -0.4 is 14.8 Å². The molecule has 0 saturated carbocycles. The number of thiophene rings is 1. The second-order valence-corrected chi connectivity index (χ2v) is 7.51. The van der Waals surface area contributed by atoms with Crippen molar-refractivity contribution in [3.05, 3.63) is 40.3 Å². The molecule has 3 rings (SSSR count). The van der Waals surface area contributed by atoms with Gasteiger partial charge in [0.1, 0.15) is 5.00 Å². The number of rotatable bonds is 7. The highest BCUT2D eigenvalue weighted by molar-refractivity contribution is 7.17. The lowest BCUT2D eigenvalue weighted by atomic mass is 10.0. The Labute approximate surface area is 168 Å². The number of carbonyl (C=O) groups excluding carboxylic acids is 2. The summed E-state index contributed by atoms with van der Waals surface area (Å²) in [5.41, 5.74) is 1.45. The maximum Gasteiger partial charge on any atom is 0.341 e. The van der Waals surface area contributed by atoms with E-state index in [2.05, 4.69) is 10.2 Å². The van der Waals surface area contributed by atoms with Gasteiger partial charge in [0.05, 0.1) is 19.3 Å². The Kier molecular flexibility index (Phi) is 6.53. The minimum atomic E-state index is -0.398. The molecule has 8 heteroatoms. The SMILES string of the molecule is CCOC(=O)c1c(NC(=O)COc2ccccc2OC)sc2c1CCN(C)C2. The van der Waals surface area contributed by atoms with E-state index in [1.54, 1.807) is 32.2 Å². The Bertz CT molecular complexity index is 864. The molecule has 0 bridgehead atoms. The van der Waals surface area contributed by atoms with Gasteiger partial charge in [0, 0.05) is 18.0 Å². The molecule has 1 aliphatic rings. The van der Waals surface area contributed by atoms with Crippen LogP contribution in [0.4, 0.5) is 5.00 Å². The molecule has 1 aromatic heterocycles. The molecule has 1 N–H and O–H groups in total. The van der Waals surface area contributed by atoms with E-state index < -0.39 is 5.97 Å². The summed E-state index contributed by atoms with van der Waals surface area (Å²) in [4.78, 5) is 28.2. The third-order valence-corrected chi connectivity index (χ3v) is 5.54. The number of esters is 1. The Hall–Kier alpha value is -2.58. The summed E-state index contributed by atoms with van der Waals surface area (Å²) in [5, 5.41) is 3.34. The molecular weight excluding hydrogens is 380 g/mol. The van der Waals surface area contributed by atoms with Crippen molar-refractivity contribution in [1.82, 2.24) is 4.90 Å². The third kappa shape index (κ3) is 4.45. The molecule has 7 nitrogen and oxygen atoms in total. The number of likely N-dealkylation sites (N-methyl/N-ethyl adjacent to an activating group) is 1. The van der Waals surface area contributed by atoms with Gasteiger partial charge in [-0.15, -0.1) is 11.3 Å². The summed E-state index contributed by atoms with van der Waals surface area (Å²) in [5.74, 6) is 0.295. The van der Waals surface area contributed by atoms with Gasteiger partial charge in [-0.1, -0.05) is 12.1 Å². The van der Waals surface area contributed by atoms with Gasteiger partial charge in [0.2, 0.25) is 0 Å². The Morgan fingerprint density at radius 3 is 2.71 bits per heavy atom. The number of ether oxygens (including phenoxy) is 3. The lowest BCUT2D eigenvalue weighted by Gasteiger charge is -2.22. The van der Waals surface area contributed by atoms with Crippen molar-refractivity contribution in [2.45, 2.75) is 19.9 Å². The van der Waals surface area contributed by atoms with Crippen molar-refractivity contribution in [3.63, 3.8) is 0 Å². The van der Waals surface area contributed by atoms with Crippen LogP contribution in [-0.2, 0) is 22.5 Å². The molecule has 1 aliphatic heterocycles. The number of hydrogen-bond donors (Lipinski definition) is 1. The van der Waals surface area contributed by atoms with Crippen LogP contribution in [-0.4, -0.2) is 50.7 Å². The zero-order chi connectivity index (χ0) is 20.1. The maximum atomic E-state index is 12.5. The fraction of sp³-hybridized carbons (Fsp3) is 0.400. The number of methoxy groups -OCH3 is 1. The molecule has 2 heterocycles. The molecule has 0 radical (unpaired) electrons. The van der Waals surface area contributed by atoms with E-state index in [-0.39, 0.29) is 19.1 Å². The van der Waals surface area contributed by atoms with Crippen LogP contribution in [0.3, 0.4) is 0 Å². The molecular formula is C20H24N2O5S. The topological polar surface area (TPSA) is 77.1 Å². The van der Waals surface area contributed by atoms with E-state index in [0.29, 0.717) is 22.1 Å². The van der Waals surface area contributed by atoms with Gasteiger partial charge in [-0.3, -0.25) is 4.79 Å². The van der Waals surface area contributed by atoms with Crippen molar-refractivity contribution >= 4 is 28.2 Å². The average molecular weight is 404 g/mol. The third-order valence-electron chi connectivity index (χ3n) is 4.41. The first-order valence-corrected chi connectivity index (χ1v) is 9.91. The zero-order valence-corrected chi connectivity index (χ0v) is 17.1. The highest BCUT2D eigenvalue weighted by Crippen LogP contribution is 2.37. The first kappa shape index (κ1) is 20.2. The van der Waals surface area contributed by atoms with Gasteiger partial charge < -0.3 is 24.4 Å². The molecule has 1 amide bonds. The fourth-order valence-corrected chi connectivity index (χ4v) is 4.41. The predicted molar refractivity (Wildman–Crippen MR) is 107 cm³/mol. The number of nitrogens with one attached hydrogen (secondary N) is 1. The number of para-hydroxylation sites is 2. The van der Waals surface area contributed by atoms with Crippen LogP contribution in [0.15, 0.2) is 24.3 Å². The Balaban J connectivity index is 1.75. The second-order valence-electron chi connectivity index (χ2n) is 6.40. The van der Waals surface area contributed by atoms with E-state index in [9.17, 15) is 9.59 Å². The van der Waals surface area contributed by atoms with E-state index in [0.717, 1.165) is 30.0 Å². The number of fused-ring (bicyclic) bond motifs is 1. The molecule has 0 atom stereocenters. The zero-order valence-electron chi connectivity index (χ0n) is 16.2. The number of nitrogens with zero attached hydrogens (tertiary/aromatic N) is 1. The first-order valence-electron chi connectivity index (χ1n) is 9.09. The van der Waals surface area contributed by atoms with Crippen molar-refractivity contribution in [1.29, 1.82) is 0 Å². The molecule has 2 aromatic rings. The molecule has 0 spiro atoms. The van der Waals surface area contributed by atoms with Crippen LogP contribution in [0.25, 0.3) is 0 Å². The lowest BCUT2D eigenvalue weighted by Crippen LogP contribution is -2.26. The monoisotopic (exact) mass is 404 g/mol. The van der Waals surface area contributed by atoms with Crippen LogP contribution in [0.1, 0.15) is 27.7 Å². The largest absolute Gasteiger partial charge is 0.493 e. The maximum absolute atomic E-state index is 12.5. The Morgan fingerprint density at radius 1 is 1.25 bits per heavy atom. The van der Waals surface area contributed by atoms with Gasteiger partial charge >= 0.3 is 5.97 Å². The smallest absolute Gasteiger partial charge is 0.341 e. The van der Waals surface area contributed by atoms with Gasteiger partial charge in [0.25, 0.3) is 5.91 Å². The van der Waals surface area contributed by atoms with E-state index >= 15 is 0 Å². The van der Waals surface area contributed by atoms with Gasteiger partial charge in [-0.25, -0.2) is 4.79 Å². The minimum Gasteiger partial charge on any atom is -0.493 e. The second kappa shape index (κ2) is 9.07. The van der Waals surface area contributed by atoms with Crippen molar-refractivity contribution in [2.75, 3.05) is 39.2 Å². The molecule has 150 valence electrons. The number of hydrogen-bond acceptors (Lipinski definition) is 7. The molecule has 0 saturated heterocycles. The van der Waals surface area contributed by atoms with Gasteiger partial charge in [-0.2, -0.15) is 0 Å². The van der Waals surface area contributed by atoms with Crippen molar-refractivity contribution in [2.24, 2.45) is 0 Å². The highest BCUT2D eigenvalue weighted by atomic mass is 32.1. The normalized spacial score (nSPS) is 13.5. The summed E-state index contributed by atoms with van der Waals surface area (Å²) >= 11 is 1.42. The standard InChI is InChI=1S/C20H24N2O5S/c1-4-26-20(24)18-13-9-10-22(2)11-16(13)28-19(18)21-17(23)12-27-15-8-6-5-7-14(15)25-3/h5-8H,4,9-12H2,1-3H3,(H,21,23). The summed E-state index contributed by atoms with van der Waals surface area (Å²) < 4.78 is 16.0. The quantitative estimate of drug-likeness (QED) is 0.715. The van der Waals surface area contributed by atoms with E-state index in [1.807, 2.05) is 13.1 Å². The highest BCUT2D eigenvalue weighted by Gasteiger charge is 2.28. The van der Waals surface area contributed by atoms with Gasteiger partial charge in [-0.05, 0) is 38.1 Å². The number of amides is 1. The molecule has 0 fully saturated rings. The minimum absolute atomic E-state index is 0.189. The lowest BCUT2D eigenvalue weighted by molar-refractivity contribution is -0.118. The van der Waals surface area contributed by atoms with E-state index in [1.165, 1.54) is 11.3 Å². The van der Waals surface area contributed by atoms with Gasteiger partial charge in [0.15, 0.2) is 18.1 Å². The molecule has 1 aromatic carbocycles. The average Bonchev–Trinajstić information content (AvgIpc) is 3.03. The van der Waals surface area contributed by atoms with Crippen LogP contribution in [0, 0.1) is 0 Å². The van der Waals surface area contributed by atoms with Crippen molar-refractivity contribution in [3.8, 4) is 11.5 Å². The van der Waals surface area contributed by atoms with Crippen molar-refractivity contribution < 1.29 is 23.8 Å². The summed E-state index contributed by atoms with van der Waals surface area (Å²) in [7, 11) is 3.58. The predicted octanol–water partition coefficient (Wildman–Crippen LogP) is 2.94. The molecule has 0 unspecified atom stereocenters. The Morgan fingerprint density at radius 2 is 2.00 bits per heavy atom. The summed E-state index contributed by atoms with van der Waals surface area (Å²) in [6.07, 6.45) is 0.754. The first-order chi connectivity index (χ1) is 13.5. The number of anilines is 1. The number of carbonyl (C=O) groups is 2. The van der Waals surface area contributed by atoms with E-state index in [4.69, 9.17) is 14.2 Å². The van der Waals surface area contributed by atoms with Crippen LogP contribution in [0.5, 0.6) is 11.5 Å². The summed E-state index contributed by atoms with van der Waals surface area (Å²) in [6.45, 7) is 3.48. The summed E-state index contributed by atoms with van der Waals surface area (Å²) in [6, 6.07) is 7.12.